The third-order valence-corrected chi connectivity index (χ3v) is 9.26. The van der Waals surface area contributed by atoms with Gasteiger partial charge in [-0.25, -0.2) is 0 Å². The first-order chi connectivity index (χ1) is 20.5. The second-order valence-electron chi connectivity index (χ2n) is 11.8. The van der Waals surface area contributed by atoms with Crippen LogP contribution in [-0.2, 0) is 24.9 Å². The van der Waals surface area contributed by atoms with Gasteiger partial charge in [-0.05, 0) is 67.5 Å². The molecule has 4 nitrogen and oxygen atoms in total. The SMILES string of the molecule is CCC(CC)C(=O)/C=C(\O)C(CC)CC.[Ir].[c-]1cc2ccccc2c2c1-c1nccc3cc(C4CCCCC4)cc(c13)O2. The van der Waals surface area contributed by atoms with Crippen molar-refractivity contribution in [3.8, 4) is 22.8 Å². The molecule has 0 saturated heterocycles. The third-order valence-electron chi connectivity index (χ3n) is 9.26. The van der Waals surface area contributed by atoms with Crippen LogP contribution in [0.5, 0.6) is 11.5 Å². The van der Waals surface area contributed by atoms with E-state index >= 15 is 0 Å². The molecule has 0 atom stereocenters. The standard InChI is InChI=1S/C25H20NO.C13H24O2.Ir/c1-2-6-16(7-3-1)19-14-18-12-13-26-24-21-11-10-17-8-4-5-9-20(17)25(21)27-22(15-19)23(18)24;1-5-10(6-2)12(14)9-13(15)11(7-3)8-4;/h4-5,8-10,12-16H,1-3,6-7H2;9-11,14H,5-8H2,1-4H3;/q-1;;/b;12-9-;. The number of aromatic nitrogens is 1. The summed E-state index contributed by atoms with van der Waals surface area (Å²) in [7, 11) is 0. The van der Waals surface area contributed by atoms with Crippen molar-refractivity contribution in [1.29, 1.82) is 0 Å². The molecule has 6 rings (SSSR count). The summed E-state index contributed by atoms with van der Waals surface area (Å²) in [5.41, 5.74) is 3.38. The third kappa shape index (κ3) is 7.05. The predicted octanol–water partition coefficient (Wildman–Crippen LogP) is 10.9. The summed E-state index contributed by atoms with van der Waals surface area (Å²) < 4.78 is 6.52. The van der Waals surface area contributed by atoms with Crippen LogP contribution < -0.4 is 4.74 Å². The second kappa shape index (κ2) is 15.1. The Morgan fingerprint density at radius 1 is 0.977 bits per heavy atom. The van der Waals surface area contributed by atoms with Crippen molar-refractivity contribution in [3.63, 3.8) is 0 Å². The van der Waals surface area contributed by atoms with Crippen molar-refractivity contribution in [2.75, 3.05) is 0 Å². The fourth-order valence-electron chi connectivity index (χ4n) is 6.59. The molecule has 1 aliphatic heterocycles. The van der Waals surface area contributed by atoms with Crippen LogP contribution in [-0.4, -0.2) is 15.9 Å². The Hall–Kier alpha value is -3.01. The molecule has 1 saturated carbocycles. The summed E-state index contributed by atoms with van der Waals surface area (Å²) in [6.07, 6.45) is 13.4. The summed E-state index contributed by atoms with van der Waals surface area (Å²) in [5, 5.41) is 14.4. The van der Waals surface area contributed by atoms with Gasteiger partial charge >= 0.3 is 0 Å². The van der Waals surface area contributed by atoms with Gasteiger partial charge in [0.25, 0.3) is 0 Å². The minimum Gasteiger partial charge on any atom is -0.512 e. The number of allylic oxidation sites excluding steroid dienone is 2. The Bertz CT molecular complexity index is 1580. The van der Waals surface area contributed by atoms with Crippen LogP contribution in [0, 0.1) is 17.9 Å². The monoisotopic (exact) mass is 755 g/mol. The van der Waals surface area contributed by atoms with Crippen molar-refractivity contribution >= 4 is 27.3 Å². The van der Waals surface area contributed by atoms with E-state index in [9.17, 15) is 9.90 Å². The van der Waals surface area contributed by atoms with Crippen molar-refractivity contribution in [2.45, 2.75) is 91.4 Å². The maximum Gasteiger partial charge on any atom is 0.162 e. The molecule has 2 aliphatic rings. The van der Waals surface area contributed by atoms with Gasteiger partial charge in [0, 0.05) is 55.3 Å². The second-order valence-corrected chi connectivity index (χ2v) is 11.8. The van der Waals surface area contributed by atoms with Gasteiger partial charge in [0.15, 0.2) is 5.78 Å². The molecular weight excluding hydrogens is 711 g/mol. The number of aliphatic hydroxyl groups is 1. The number of rotatable bonds is 8. The quantitative estimate of drug-likeness (QED) is 0.0974. The van der Waals surface area contributed by atoms with Gasteiger partial charge in [0.1, 0.15) is 5.75 Å². The maximum atomic E-state index is 11.7. The summed E-state index contributed by atoms with van der Waals surface area (Å²) >= 11 is 0. The molecule has 43 heavy (non-hydrogen) atoms. The number of ether oxygens (including phenoxy) is 1. The van der Waals surface area contributed by atoms with E-state index in [4.69, 9.17) is 9.72 Å². The van der Waals surface area contributed by atoms with Crippen molar-refractivity contribution in [2.24, 2.45) is 11.8 Å². The molecule has 229 valence electrons. The summed E-state index contributed by atoms with van der Waals surface area (Å²) in [6, 6.07) is 20.6. The molecule has 0 amide bonds. The number of carbonyl (C=O) groups excluding carboxylic acids is 1. The van der Waals surface area contributed by atoms with Gasteiger partial charge < -0.3 is 14.8 Å². The van der Waals surface area contributed by atoms with E-state index in [1.807, 2.05) is 40.0 Å². The first-order valence-corrected chi connectivity index (χ1v) is 16.0. The molecule has 1 aliphatic carbocycles. The molecule has 0 spiro atoms. The zero-order valence-corrected chi connectivity index (χ0v) is 28.3. The molecule has 0 unspecified atom stereocenters. The van der Waals surface area contributed by atoms with Gasteiger partial charge in [0.2, 0.25) is 0 Å². The fourth-order valence-corrected chi connectivity index (χ4v) is 6.59. The molecule has 2 heterocycles. The number of benzene rings is 3. The Kier molecular flexibility index (Phi) is 11.6. The fraction of sp³-hybridized carbons (Fsp3) is 0.421. The molecule has 0 bridgehead atoms. The average molecular weight is 755 g/mol. The predicted molar refractivity (Wildman–Crippen MR) is 173 cm³/mol. The van der Waals surface area contributed by atoms with E-state index in [0.29, 0.717) is 5.92 Å². The van der Waals surface area contributed by atoms with Crippen LogP contribution in [0.2, 0.25) is 0 Å². The zero-order chi connectivity index (χ0) is 29.6. The van der Waals surface area contributed by atoms with Crippen molar-refractivity contribution in [1.82, 2.24) is 4.98 Å². The van der Waals surface area contributed by atoms with E-state index in [0.717, 1.165) is 64.6 Å². The molecule has 1 aromatic heterocycles. The Labute approximate surface area is 270 Å². The molecule has 5 heteroatoms. The van der Waals surface area contributed by atoms with Crippen LogP contribution in [0.15, 0.2) is 66.6 Å². The Morgan fingerprint density at radius 3 is 2.37 bits per heavy atom. The first kappa shape index (κ1) is 32.9. The van der Waals surface area contributed by atoms with E-state index in [1.54, 1.807) is 0 Å². The van der Waals surface area contributed by atoms with Crippen molar-refractivity contribution in [3.05, 3.63) is 78.2 Å². The van der Waals surface area contributed by atoms with E-state index < -0.39 is 0 Å². The number of fused-ring (bicyclic) bond motifs is 4. The summed E-state index contributed by atoms with van der Waals surface area (Å²) in [5.74, 6) is 3.04. The number of carbonyl (C=O) groups is 1. The van der Waals surface area contributed by atoms with Crippen LogP contribution in [0.1, 0.15) is 97.0 Å². The Morgan fingerprint density at radius 2 is 1.67 bits per heavy atom. The van der Waals surface area contributed by atoms with Crippen LogP contribution in [0.25, 0.3) is 32.8 Å². The molecule has 4 aromatic rings. The van der Waals surface area contributed by atoms with Crippen LogP contribution in [0.3, 0.4) is 0 Å². The zero-order valence-electron chi connectivity index (χ0n) is 25.9. The number of ketones is 1. The average Bonchev–Trinajstić information content (AvgIpc) is 3.03. The maximum absolute atomic E-state index is 11.7. The number of aliphatic hydroxyl groups excluding tert-OH is 1. The number of hydrogen-bond acceptors (Lipinski definition) is 4. The molecule has 1 N–H and O–H groups in total. The van der Waals surface area contributed by atoms with E-state index in [-0.39, 0.29) is 43.5 Å². The number of nitrogens with zero attached hydrogens (tertiary/aromatic N) is 1. The van der Waals surface area contributed by atoms with Gasteiger partial charge in [-0.3, -0.25) is 4.79 Å². The normalized spacial score (nSPS) is 14.6. The van der Waals surface area contributed by atoms with Gasteiger partial charge in [0.05, 0.1) is 11.5 Å². The van der Waals surface area contributed by atoms with Gasteiger partial charge in [-0.15, -0.1) is 12.1 Å². The minimum absolute atomic E-state index is 0. The first-order valence-electron chi connectivity index (χ1n) is 16.0. The molecule has 3 aromatic carbocycles. The number of hydrogen-bond donors (Lipinski definition) is 1. The van der Waals surface area contributed by atoms with E-state index in [2.05, 4.69) is 48.5 Å². The molecule has 1 fully saturated rings. The molecular formula is C38H44IrNO3-. The van der Waals surface area contributed by atoms with Crippen LogP contribution >= 0.6 is 0 Å². The Balaban J connectivity index is 0.000000230. The molecule has 1 radical (unpaired) electrons. The van der Waals surface area contributed by atoms with Crippen molar-refractivity contribution < 1.29 is 34.7 Å². The van der Waals surface area contributed by atoms with Gasteiger partial charge in [-0.1, -0.05) is 93.6 Å². The van der Waals surface area contributed by atoms with Crippen LogP contribution in [0.4, 0.5) is 0 Å². The summed E-state index contributed by atoms with van der Waals surface area (Å²) in [4.78, 5) is 16.4. The number of pyridine rings is 1. The smallest absolute Gasteiger partial charge is 0.162 e. The largest absolute Gasteiger partial charge is 0.512 e. The summed E-state index contributed by atoms with van der Waals surface area (Å²) in [6.45, 7) is 8.07. The van der Waals surface area contributed by atoms with Gasteiger partial charge in [-0.2, -0.15) is 0 Å². The van der Waals surface area contributed by atoms with E-state index in [1.165, 1.54) is 49.1 Å². The minimum atomic E-state index is 0. The topological polar surface area (TPSA) is 59.4 Å².